The Labute approximate surface area is 110 Å². The molecule has 0 aliphatic carbocycles. The van der Waals surface area contributed by atoms with E-state index in [-0.39, 0.29) is 12.3 Å². The van der Waals surface area contributed by atoms with Gasteiger partial charge in [-0.05, 0) is 30.7 Å². The van der Waals surface area contributed by atoms with Crippen LogP contribution in [0.5, 0.6) is 0 Å². The van der Waals surface area contributed by atoms with Crippen LogP contribution in [0.15, 0.2) is 18.2 Å². The van der Waals surface area contributed by atoms with Crippen molar-refractivity contribution >= 4 is 29.2 Å². The average Bonchev–Trinajstić information content (AvgIpc) is 2.35. The summed E-state index contributed by atoms with van der Waals surface area (Å²) in [7, 11) is 3.01. The Morgan fingerprint density at radius 1 is 1.50 bits per heavy atom. The molecule has 0 spiro atoms. The zero-order valence-electron chi connectivity index (χ0n) is 10.5. The molecule has 5 heteroatoms. The molecule has 0 bridgehead atoms. The number of rotatable bonds is 1. The Balaban J connectivity index is 2.66. The molecule has 0 radical (unpaired) electrons. The summed E-state index contributed by atoms with van der Waals surface area (Å²) < 4.78 is 4.82. The van der Waals surface area contributed by atoms with Crippen molar-refractivity contribution in [2.45, 2.75) is 18.8 Å². The summed E-state index contributed by atoms with van der Waals surface area (Å²) in [6.07, 6.45) is 0.0868. The van der Waals surface area contributed by atoms with Crippen LogP contribution in [-0.4, -0.2) is 26.0 Å². The minimum atomic E-state index is -0.974. The molecule has 2 rings (SSSR count). The molecule has 0 saturated heterocycles. The minimum Gasteiger partial charge on any atom is -0.468 e. The number of nitrogens with zero attached hydrogens (tertiary/aromatic N) is 1. The Morgan fingerprint density at radius 3 is 2.78 bits per heavy atom. The summed E-state index contributed by atoms with van der Waals surface area (Å²) in [5.74, 6) is -0.537. The quantitative estimate of drug-likeness (QED) is 0.733. The van der Waals surface area contributed by atoms with Gasteiger partial charge in [0.1, 0.15) is 5.41 Å². The zero-order valence-corrected chi connectivity index (χ0v) is 11.2. The second kappa shape index (κ2) is 4.28. The van der Waals surface area contributed by atoms with Crippen molar-refractivity contribution in [3.05, 3.63) is 28.8 Å². The van der Waals surface area contributed by atoms with Crippen LogP contribution in [0.2, 0.25) is 5.02 Å². The highest BCUT2D eigenvalue weighted by Gasteiger charge is 2.45. The Kier molecular flexibility index (Phi) is 3.07. The van der Waals surface area contributed by atoms with E-state index in [0.29, 0.717) is 10.7 Å². The number of ether oxygens (including phenoxy) is 1. The molecule has 1 aromatic rings. The van der Waals surface area contributed by atoms with Gasteiger partial charge < -0.3 is 9.64 Å². The Hall–Kier alpha value is -1.55. The molecular weight excluding hydrogens is 254 g/mol. The van der Waals surface area contributed by atoms with Gasteiger partial charge in [0.2, 0.25) is 5.91 Å². The molecule has 0 aromatic heterocycles. The molecule has 1 aromatic carbocycles. The normalized spacial score (nSPS) is 22.7. The molecular formula is C13H14ClNO3. The van der Waals surface area contributed by atoms with Crippen molar-refractivity contribution in [1.29, 1.82) is 0 Å². The van der Waals surface area contributed by atoms with Gasteiger partial charge in [-0.25, -0.2) is 0 Å². The van der Waals surface area contributed by atoms with Gasteiger partial charge in [0, 0.05) is 24.2 Å². The summed E-state index contributed by atoms with van der Waals surface area (Å²) in [5, 5.41) is 0.534. The van der Waals surface area contributed by atoms with Crippen LogP contribution in [0.1, 0.15) is 18.9 Å². The van der Waals surface area contributed by atoms with Gasteiger partial charge in [0.15, 0.2) is 0 Å². The maximum absolute atomic E-state index is 12.0. The van der Waals surface area contributed by atoms with E-state index in [4.69, 9.17) is 16.3 Å². The van der Waals surface area contributed by atoms with Crippen molar-refractivity contribution < 1.29 is 14.3 Å². The molecule has 4 nitrogen and oxygen atoms in total. The van der Waals surface area contributed by atoms with E-state index >= 15 is 0 Å². The molecule has 0 saturated carbocycles. The van der Waals surface area contributed by atoms with Crippen LogP contribution in [0.25, 0.3) is 0 Å². The number of esters is 1. The zero-order chi connectivity index (χ0) is 13.5. The predicted molar refractivity (Wildman–Crippen MR) is 68.8 cm³/mol. The Morgan fingerprint density at radius 2 is 2.17 bits per heavy atom. The second-order valence-corrected chi connectivity index (χ2v) is 5.05. The SMILES string of the molecule is COC(=O)[C@]1(C)CC(=O)N(C)c2ccc(Cl)cc21. The van der Waals surface area contributed by atoms with Crippen molar-refractivity contribution in [2.75, 3.05) is 19.1 Å². The monoisotopic (exact) mass is 267 g/mol. The third-order valence-electron chi connectivity index (χ3n) is 3.43. The third-order valence-corrected chi connectivity index (χ3v) is 3.66. The molecule has 0 unspecified atom stereocenters. The van der Waals surface area contributed by atoms with Gasteiger partial charge in [0.05, 0.1) is 7.11 Å². The maximum Gasteiger partial charge on any atom is 0.316 e. The van der Waals surface area contributed by atoms with Crippen molar-refractivity contribution in [3.8, 4) is 0 Å². The van der Waals surface area contributed by atoms with Crippen LogP contribution in [-0.2, 0) is 19.7 Å². The summed E-state index contributed by atoms with van der Waals surface area (Å²) in [6.45, 7) is 1.71. The maximum atomic E-state index is 12.0. The molecule has 0 N–H and O–H groups in total. The van der Waals surface area contributed by atoms with E-state index in [2.05, 4.69) is 0 Å². The first-order valence-corrected chi connectivity index (χ1v) is 5.93. The molecule has 1 atom stereocenters. The molecule has 0 fully saturated rings. The summed E-state index contributed by atoms with van der Waals surface area (Å²) in [5.41, 5.74) is 0.450. The van der Waals surface area contributed by atoms with E-state index in [1.54, 1.807) is 32.2 Å². The van der Waals surface area contributed by atoms with Crippen molar-refractivity contribution in [3.63, 3.8) is 0 Å². The van der Waals surface area contributed by atoms with Crippen LogP contribution in [0, 0.1) is 0 Å². The number of halogens is 1. The number of carbonyl (C=O) groups is 2. The van der Waals surface area contributed by atoms with Gasteiger partial charge in [0.25, 0.3) is 0 Å². The first kappa shape index (κ1) is 12.9. The van der Waals surface area contributed by atoms with Gasteiger partial charge in [-0.2, -0.15) is 0 Å². The van der Waals surface area contributed by atoms with E-state index in [1.807, 2.05) is 0 Å². The fourth-order valence-corrected chi connectivity index (χ4v) is 2.47. The Bertz CT molecular complexity index is 529. The van der Waals surface area contributed by atoms with Gasteiger partial charge in [-0.15, -0.1) is 0 Å². The fraction of sp³-hybridized carbons (Fsp3) is 0.385. The van der Waals surface area contributed by atoms with Crippen LogP contribution < -0.4 is 4.90 Å². The highest BCUT2D eigenvalue weighted by molar-refractivity contribution is 6.30. The van der Waals surface area contributed by atoms with E-state index in [0.717, 1.165) is 5.56 Å². The van der Waals surface area contributed by atoms with Crippen molar-refractivity contribution in [1.82, 2.24) is 0 Å². The topological polar surface area (TPSA) is 46.6 Å². The van der Waals surface area contributed by atoms with Gasteiger partial charge in [-0.3, -0.25) is 9.59 Å². The average molecular weight is 268 g/mol. The highest BCUT2D eigenvalue weighted by Crippen LogP contribution is 2.41. The summed E-state index contributed by atoms with van der Waals surface area (Å²) in [6, 6.07) is 5.17. The number of hydrogen-bond donors (Lipinski definition) is 0. The van der Waals surface area contributed by atoms with Crippen LogP contribution in [0.4, 0.5) is 5.69 Å². The van der Waals surface area contributed by atoms with Crippen molar-refractivity contribution in [2.24, 2.45) is 0 Å². The van der Waals surface area contributed by atoms with E-state index in [1.165, 1.54) is 12.0 Å². The summed E-state index contributed by atoms with van der Waals surface area (Å²) >= 11 is 5.98. The lowest BCUT2D eigenvalue weighted by molar-refractivity contribution is -0.149. The first-order valence-electron chi connectivity index (χ1n) is 5.55. The standard InChI is InChI=1S/C13H14ClNO3/c1-13(12(17)18-3)7-11(16)15(2)10-5-4-8(14)6-9(10)13/h4-6H,7H2,1-3H3/t13-/m1/s1. The smallest absolute Gasteiger partial charge is 0.316 e. The number of benzene rings is 1. The number of hydrogen-bond acceptors (Lipinski definition) is 3. The highest BCUT2D eigenvalue weighted by atomic mass is 35.5. The van der Waals surface area contributed by atoms with Crippen LogP contribution >= 0.6 is 11.6 Å². The third kappa shape index (κ3) is 1.77. The number of fused-ring (bicyclic) bond motifs is 1. The van der Waals surface area contributed by atoms with Gasteiger partial charge in [-0.1, -0.05) is 11.6 Å². The number of carbonyl (C=O) groups excluding carboxylic acids is 2. The lowest BCUT2D eigenvalue weighted by Gasteiger charge is -2.37. The van der Waals surface area contributed by atoms with Crippen LogP contribution in [0.3, 0.4) is 0 Å². The van der Waals surface area contributed by atoms with E-state index < -0.39 is 11.4 Å². The summed E-state index contributed by atoms with van der Waals surface area (Å²) in [4.78, 5) is 25.5. The first-order chi connectivity index (χ1) is 8.40. The number of anilines is 1. The van der Waals surface area contributed by atoms with E-state index in [9.17, 15) is 9.59 Å². The molecule has 1 heterocycles. The predicted octanol–water partition coefficient (Wildman–Crippen LogP) is 2.14. The molecule has 1 aliphatic heterocycles. The second-order valence-electron chi connectivity index (χ2n) is 4.61. The number of amides is 1. The molecule has 96 valence electrons. The number of methoxy groups -OCH3 is 1. The lowest BCUT2D eigenvalue weighted by atomic mass is 9.75. The molecule has 1 aliphatic rings. The fourth-order valence-electron chi connectivity index (χ4n) is 2.30. The minimum absolute atomic E-state index is 0.0868. The molecule has 18 heavy (non-hydrogen) atoms. The lowest BCUT2D eigenvalue weighted by Crippen LogP contribution is -2.45. The van der Waals surface area contributed by atoms with Gasteiger partial charge >= 0.3 is 5.97 Å². The largest absolute Gasteiger partial charge is 0.468 e. The molecule has 1 amide bonds.